The second-order valence-corrected chi connectivity index (χ2v) is 7.37. The van der Waals surface area contributed by atoms with Crippen molar-refractivity contribution in [2.75, 3.05) is 6.26 Å². The third kappa shape index (κ3) is 2.27. The van der Waals surface area contributed by atoms with Gasteiger partial charge in [0.1, 0.15) is 0 Å². The zero-order valence-corrected chi connectivity index (χ0v) is 13.6. The SMILES string of the molecule is CSc1nc2nc3c(c(-c4ccccc4)c2s1)CCCC3. The van der Waals surface area contributed by atoms with Crippen LogP contribution < -0.4 is 0 Å². The van der Waals surface area contributed by atoms with Gasteiger partial charge in [-0.1, -0.05) is 42.1 Å². The summed E-state index contributed by atoms with van der Waals surface area (Å²) in [6.07, 6.45) is 6.85. The number of pyridine rings is 1. The number of aryl methyl sites for hydroxylation is 1. The zero-order valence-electron chi connectivity index (χ0n) is 11.9. The summed E-state index contributed by atoms with van der Waals surface area (Å²) in [5.74, 6) is 0. The standard InChI is InChI=1S/C17H16N2S2/c1-20-17-19-16-15(21-17)14(11-7-3-2-4-8-11)12-9-5-6-10-13(12)18-16/h2-4,7-8H,5-6,9-10H2,1H3. The van der Waals surface area contributed by atoms with Gasteiger partial charge in [0.05, 0.1) is 4.70 Å². The first-order chi connectivity index (χ1) is 10.4. The van der Waals surface area contributed by atoms with Gasteiger partial charge in [-0.05, 0) is 43.1 Å². The third-order valence-electron chi connectivity index (χ3n) is 4.04. The maximum Gasteiger partial charge on any atom is 0.172 e. The van der Waals surface area contributed by atoms with Crippen molar-refractivity contribution in [2.24, 2.45) is 0 Å². The summed E-state index contributed by atoms with van der Waals surface area (Å²) in [5, 5.41) is 0. The molecule has 4 rings (SSSR count). The van der Waals surface area contributed by atoms with Crippen LogP contribution in [0.15, 0.2) is 34.7 Å². The maximum absolute atomic E-state index is 4.86. The molecule has 2 aromatic heterocycles. The van der Waals surface area contributed by atoms with Gasteiger partial charge in [-0.15, -0.1) is 11.3 Å². The molecule has 1 aromatic carbocycles. The first-order valence-electron chi connectivity index (χ1n) is 7.28. The zero-order chi connectivity index (χ0) is 14.2. The molecule has 21 heavy (non-hydrogen) atoms. The molecule has 0 fully saturated rings. The summed E-state index contributed by atoms with van der Waals surface area (Å²) in [6.45, 7) is 0. The highest BCUT2D eigenvalue weighted by Gasteiger charge is 2.21. The van der Waals surface area contributed by atoms with Gasteiger partial charge in [0, 0.05) is 11.3 Å². The smallest absolute Gasteiger partial charge is 0.172 e. The average molecular weight is 312 g/mol. The Labute approximate surface area is 132 Å². The molecule has 4 heteroatoms. The normalized spacial score (nSPS) is 14.3. The summed E-state index contributed by atoms with van der Waals surface area (Å²) in [4.78, 5) is 9.55. The number of aromatic nitrogens is 2. The van der Waals surface area contributed by atoms with E-state index in [0.717, 1.165) is 22.8 Å². The largest absolute Gasteiger partial charge is 0.232 e. The minimum Gasteiger partial charge on any atom is -0.232 e. The van der Waals surface area contributed by atoms with Crippen LogP contribution in [0.4, 0.5) is 0 Å². The number of hydrogen-bond donors (Lipinski definition) is 0. The second kappa shape index (κ2) is 5.43. The van der Waals surface area contributed by atoms with Crippen LogP contribution in [-0.2, 0) is 12.8 Å². The Morgan fingerprint density at radius 2 is 1.86 bits per heavy atom. The first kappa shape index (κ1) is 13.3. The average Bonchev–Trinajstić information content (AvgIpc) is 2.96. The van der Waals surface area contributed by atoms with Crippen molar-refractivity contribution in [1.82, 2.24) is 9.97 Å². The molecule has 0 aliphatic heterocycles. The summed E-state index contributed by atoms with van der Waals surface area (Å²) >= 11 is 3.49. The van der Waals surface area contributed by atoms with Crippen LogP contribution in [0.2, 0.25) is 0 Å². The van der Waals surface area contributed by atoms with E-state index in [1.165, 1.54) is 39.9 Å². The summed E-state index contributed by atoms with van der Waals surface area (Å²) in [6, 6.07) is 10.7. The highest BCUT2D eigenvalue weighted by atomic mass is 32.2. The molecular formula is C17H16N2S2. The van der Waals surface area contributed by atoms with Crippen LogP contribution in [0.1, 0.15) is 24.1 Å². The first-order valence-corrected chi connectivity index (χ1v) is 9.32. The van der Waals surface area contributed by atoms with Gasteiger partial charge in [-0.25, -0.2) is 9.97 Å². The van der Waals surface area contributed by atoms with Gasteiger partial charge in [0.15, 0.2) is 9.99 Å². The van der Waals surface area contributed by atoms with Gasteiger partial charge in [-0.3, -0.25) is 0 Å². The Hall–Kier alpha value is -1.39. The number of thiazole rings is 1. The van der Waals surface area contributed by atoms with Gasteiger partial charge in [0.2, 0.25) is 0 Å². The van der Waals surface area contributed by atoms with Crippen LogP contribution in [0.5, 0.6) is 0 Å². The van der Waals surface area contributed by atoms with E-state index in [2.05, 4.69) is 36.6 Å². The maximum atomic E-state index is 4.86. The molecule has 0 saturated heterocycles. The van der Waals surface area contributed by atoms with Gasteiger partial charge < -0.3 is 0 Å². The van der Waals surface area contributed by atoms with Crippen molar-refractivity contribution >= 4 is 33.4 Å². The topological polar surface area (TPSA) is 25.8 Å². The van der Waals surface area contributed by atoms with Crippen LogP contribution in [-0.4, -0.2) is 16.2 Å². The Morgan fingerprint density at radius 1 is 1.05 bits per heavy atom. The highest BCUT2D eigenvalue weighted by Crippen LogP contribution is 2.40. The number of rotatable bonds is 2. The molecule has 0 N–H and O–H groups in total. The fourth-order valence-corrected chi connectivity index (χ4v) is 4.67. The van der Waals surface area contributed by atoms with Crippen molar-refractivity contribution in [3.63, 3.8) is 0 Å². The van der Waals surface area contributed by atoms with Crippen LogP contribution in [0.3, 0.4) is 0 Å². The van der Waals surface area contributed by atoms with Crippen molar-refractivity contribution in [3.8, 4) is 11.1 Å². The Kier molecular flexibility index (Phi) is 3.43. The van der Waals surface area contributed by atoms with E-state index in [0.29, 0.717) is 0 Å². The van der Waals surface area contributed by atoms with E-state index in [-0.39, 0.29) is 0 Å². The number of nitrogens with zero attached hydrogens (tertiary/aromatic N) is 2. The monoisotopic (exact) mass is 312 g/mol. The quantitative estimate of drug-likeness (QED) is 0.626. The fraction of sp³-hybridized carbons (Fsp3) is 0.294. The predicted molar refractivity (Wildman–Crippen MR) is 91.3 cm³/mol. The van der Waals surface area contributed by atoms with Crippen molar-refractivity contribution in [3.05, 3.63) is 41.6 Å². The van der Waals surface area contributed by atoms with Gasteiger partial charge in [0.25, 0.3) is 0 Å². The molecule has 0 bridgehead atoms. The fourth-order valence-electron chi connectivity index (χ4n) is 3.08. The Balaban J connectivity index is 2.07. The van der Waals surface area contributed by atoms with E-state index in [1.54, 1.807) is 23.1 Å². The molecule has 0 saturated carbocycles. The molecular weight excluding hydrogens is 296 g/mol. The van der Waals surface area contributed by atoms with E-state index in [1.807, 2.05) is 0 Å². The molecule has 1 aliphatic rings. The van der Waals surface area contributed by atoms with Crippen molar-refractivity contribution < 1.29 is 0 Å². The number of fused-ring (bicyclic) bond motifs is 2. The van der Waals surface area contributed by atoms with Crippen LogP contribution in [0.25, 0.3) is 21.5 Å². The molecule has 0 unspecified atom stereocenters. The Bertz CT molecular complexity index is 793. The molecule has 1 aliphatic carbocycles. The minimum atomic E-state index is 0.934. The number of hydrogen-bond acceptors (Lipinski definition) is 4. The molecule has 0 atom stereocenters. The molecule has 0 amide bonds. The van der Waals surface area contributed by atoms with E-state index in [4.69, 9.17) is 9.97 Å². The summed E-state index contributed by atoms with van der Waals surface area (Å²) < 4.78 is 2.36. The molecule has 2 nitrogen and oxygen atoms in total. The molecule has 2 heterocycles. The predicted octanol–water partition coefficient (Wildman–Crippen LogP) is 4.96. The van der Waals surface area contributed by atoms with E-state index >= 15 is 0 Å². The lowest BCUT2D eigenvalue weighted by atomic mass is 9.89. The number of benzene rings is 1. The lowest BCUT2D eigenvalue weighted by molar-refractivity contribution is 0.672. The highest BCUT2D eigenvalue weighted by molar-refractivity contribution is 8.00. The lowest BCUT2D eigenvalue weighted by Gasteiger charge is -2.19. The molecule has 0 radical (unpaired) electrons. The van der Waals surface area contributed by atoms with Gasteiger partial charge in [-0.2, -0.15) is 0 Å². The Morgan fingerprint density at radius 3 is 2.67 bits per heavy atom. The van der Waals surface area contributed by atoms with E-state index in [9.17, 15) is 0 Å². The van der Waals surface area contributed by atoms with Gasteiger partial charge >= 0.3 is 0 Å². The number of thioether (sulfide) groups is 1. The van der Waals surface area contributed by atoms with E-state index < -0.39 is 0 Å². The minimum absolute atomic E-state index is 0.934. The summed E-state index contributed by atoms with van der Waals surface area (Å²) in [7, 11) is 0. The molecule has 0 spiro atoms. The molecule has 3 aromatic rings. The van der Waals surface area contributed by atoms with Crippen molar-refractivity contribution in [1.29, 1.82) is 0 Å². The van der Waals surface area contributed by atoms with Crippen LogP contribution >= 0.6 is 23.1 Å². The lowest BCUT2D eigenvalue weighted by Crippen LogP contribution is -2.07. The van der Waals surface area contributed by atoms with Crippen LogP contribution in [0, 0.1) is 0 Å². The summed E-state index contributed by atoms with van der Waals surface area (Å²) in [5.41, 5.74) is 6.35. The third-order valence-corrected chi connectivity index (χ3v) is 6.08. The van der Waals surface area contributed by atoms with Crippen molar-refractivity contribution in [2.45, 2.75) is 30.0 Å². The second-order valence-electron chi connectivity index (χ2n) is 5.32. The molecule has 106 valence electrons.